The third-order valence-electron chi connectivity index (χ3n) is 2.06. The van der Waals surface area contributed by atoms with Crippen molar-refractivity contribution in [3.8, 4) is 0 Å². The van der Waals surface area contributed by atoms with Gasteiger partial charge in [-0.05, 0) is 24.6 Å². The summed E-state index contributed by atoms with van der Waals surface area (Å²) in [6, 6.07) is 0. The van der Waals surface area contributed by atoms with Gasteiger partial charge < -0.3 is 8.92 Å². The van der Waals surface area contributed by atoms with E-state index in [4.69, 9.17) is 0 Å². The molecule has 0 aromatic heterocycles. The molecule has 0 N–H and O–H groups in total. The predicted molar refractivity (Wildman–Crippen MR) is 63.6 cm³/mol. The molecule has 0 radical (unpaired) electrons. The van der Waals surface area contributed by atoms with Crippen molar-refractivity contribution in [2.75, 3.05) is 0 Å². The first-order chi connectivity index (χ1) is 6.72. The molecule has 1 aliphatic rings. The molecule has 0 heterocycles. The molecule has 0 unspecified atom stereocenters. The Labute approximate surface area is 98.5 Å². The highest BCUT2D eigenvalue weighted by molar-refractivity contribution is 8.13. The molecule has 1 fully saturated rings. The Balaban J connectivity index is 2.21. The lowest BCUT2D eigenvalue weighted by Crippen LogP contribution is -2.13. The van der Waals surface area contributed by atoms with E-state index < -0.39 is 5.30 Å². The highest BCUT2D eigenvalue weighted by atomic mass is 32.2. The van der Waals surface area contributed by atoms with E-state index in [0.29, 0.717) is 5.25 Å². The van der Waals surface area contributed by atoms with Crippen LogP contribution in [-0.2, 0) is 8.92 Å². The zero-order valence-corrected chi connectivity index (χ0v) is 10.1. The smallest absolute Gasteiger partial charge is 0.375 e. The molecule has 1 aliphatic carbocycles. The minimum Gasteiger partial charge on any atom is -0.385 e. The molecule has 3 nitrogen and oxygen atoms in total. The molecule has 1 rings (SSSR count). The molecule has 0 amide bonds. The van der Waals surface area contributed by atoms with Crippen molar-refractivity contribution in [1.82, 2.24) is 0 Å². The van der Waals surface area contributed by atoms with Crippen LogP contribution in [0.15, 0.2) is 0 Å². The number of hydrogen-bond donors (Lipinski definition) is 1. The van der Waals surface area contributed by atoms with Crippen LogP contribution in [0.5, 0.6) is 0 Å². The molecule has 14 heavy (non-hydrogen) atoms. The Hall–Kier alpha value is 0.0600. The number of thioether (sulfide) groups is 1. The van der Waals surface area contributed by atoms with Gasteiger partial charge in [0, 0.05) is 30.4 Å². The van der Waals surface area contributed by atoms with Gasteiger partial charge in [0.2, 0.25) is 0 Å². The Bertz CT molecular complexity index is 214. The highest BCUT2D eigenvalue weighted by Crippen LogP contribution is 2.29. The predicted octanol–water partition coefficient (Wildman–Crippen LogP) is 3.34. The Morgan fingerprint density at radius 1 is 1.36 bits per heavy atom. The van der Waals surface area contributed by atoms with Crippen molar-refractivity contribution in [3.63, 3.8) is 0 Å². The SMILES string of the molecule is O=C(OC(=S)OS)SC1CCCCC1. The first-order valence-corrected chi connectivity index (χ1v) is 6.11. The fraction of sp³-hybridized carbons (Fsp3) is 0.750. The van der Waals surface area contributed by atoms with Gasteiger partial charge in [0.15, 0.2) is 0 Å². The van der Waals surface area contributed by atoms with Crippen molar-refractivity contribution in [2.45, 2.75) is 37.4 Å². The largest absolute Gasteiger partial charge is 0.385 e. The van der Waals surface area contributed by atoms with Crippen molar-refractivity contribution < 1.29 is 13.7 Å². The normalized spacial score (nSPS) is 17.5. The fourth-order valence-corrected chi connectivity index (χ4v) is 2.56. The molecule has 0 aliphatic heterocycles. The van der Waals surface area contributed by atoms with E-state index in [-0.39, 0.29) is 5.24 Å². The third-order valence-corrected chi connectivity index (χ3v) is 3.59. The van der Waals surface area contributed by atoms with Gasteiger partial charge in [-0.3, -0.25) is 0 Å². The first kappa shape index (κ1) is 12.1. The summed E-state index contributed by atoms with van der Waals surface area (Å²) in [6.07, 6.45) is 5.81. The number of carbonyl (C=O) groups excluding carboxylic acids is 1. The number of thiocarbonyl (C=S) groups is 1. The van der Waals surface area contributed by atoms with Gasteiger partial charge in [-0.15, -0.1) is 0 Å². The molecule has 1 saturated carbocycles. The second kappa shape index (κ2) is 6.53. The molecule has 0 atom stereocenters. The molecule has 0 aromatic rings. The molecule has 0 spiro atoms. The summed E-state index contributed by atoms with van der Waals surface area (Å²) < 4.78 is 8.94. The molecule has 6 heteroatoms. The van der Waals surface area contributed by atoms with Crippen molar-refractivity contribution in [3.05, 3.63) is 0 Å². The van der Waals surface area contributed by atoms with Crippen LogP contribution in [0.3, 0.4) is 0 Å². The number of hydrogen-bond acceptors (Lipinski definition) is 6. The molecule has 80 valence electrons. The fourth-order valence-electron chi connectivity index (χ4n) is 1.43. The summed E-state index contributed by atoms with van der Waals surface area (Å²) in [5, 5.41) is -0.253. The van der Waals surface area contributed by atoms with Gasteiger partial charge in [-0.1, -0.05) is 19.3 Å². The van der Waals surface area contributed by atoms with Crippen LogP contribution >= 0.6 is 36.9 Å². The second-order valence-electron chi connectivity index (χ2n) is 3.07. The third kappa shape index (κ3) is 4.52. The van der Waals surface area contributed by atoms with Crippen molar-refractivity contribution in [2.24, 2.45) is 0 Å². The second-order valence-corrected chi connectivity index (χ2v) is 4.82. The summed E-state index contributed by atoms with van der Waals surface area (Å²) in [4.78, 5) is 11.2. The number of carbonyl (C=O) groups is 1. The lowest BCUT2D eigenvalue weighted by molar-refractivity contribution is 0.217. The first-order valence-electron chi connectivity index (χ1n) is 4.46. The number of thiol groups is 1. The van der Waals surface area contributed by atoms with Crippen molar-refractivity contribution >= 4 is 47.4 Å². The Morgan fingerprint density at radius 2 is 2.00 bits per heavy atom. The van der Waals surface area contributed by atoms with Crippen LogP contribution in [0.2, 0.25) is 0 Å². The van der Waals surface area contributed by atoms with Gasteiger partial charge in [-0.25, -0.2) is 4.79 Å². The number of ether oxygens (including phenoxy) is 1. The van der Waals surface area contributed by atoms with E-state index in [1.165, 1.54) is 31.0 Å². The Kier molecular flexibility index (Phi) is 5.66. The summed E-state index contributed by atoms with van der Waals surface area (Å²) in [5.41, 5.74) is 0. The maximum Gasteiger partial charge on any atom is 0.375 e. The standard InChI is InChI=1S/C8H12O3S3/c9-7(10-8(12)11-13)14-6-4-2-1-3-5-6/h6,13H,1-5H2. The Morgan fingerprint density at radius 3 is 2.57 bits per heavy atom. The van der Waals surface area contributed by atoms with Crippen LogP contribution in [0.1, 0.15) is 32.1 Å². The van der Waals surface area contributed by atoms with E-state index in [1.54, 1.807) is 0 Å². The van der Waals surface area contributed by atoms with E-state index in [2.05, 4.69) is 34.0 Å². The molecular formula is C8H12O3S3. The van der Waals surface area contributed by atoms with Crippen LogP contribution in [-0.4, -0.2) is 15.8 Å². The van der Waals surface area contributed by atoms with E-state index in [9.17, 15) is 4.79 Å². The van der Waals surface area contributed by atoms with Gasteiger partial charge in [0.05, 0.1) is 0 Å². The van der Waals surface area contributed by atoms with Gasteiger partial charge in [-0.2, -0.15) is 0 Å². The summed E-state index contributed by atoms with van der Waals surface area (Å²) in [6.45, 7) is 0. The topological polar surface area (TPSA) is 35.5 Å². The zero-order chi connectivity index (χ0) is 10.4. The maximum absolute atomic E-state index is 11.2. The summed E-state index contributed by atoms with van der Waals surface area (Å²) in [5.74, 6) is 0. The summed E-state index contributed by atoms with van der Waals surface area (Å²) in [7, 11) is 0. The van der Waals surface area contributed by atoms with Gasteiger partial charge in [0.1, 0.15) is 0 Å². The quantitative estimate of drug-likeness (QED) is 0.335. The minimum atomic E-state index is -0.393. The minimum absolute atomic E-state index is 0.235. The van der Waals surface area contributed by atoms with Crippen LogP contribution in [0.25, 0.3) is 0 Å². The van der Waals surface area contributed by atoms with Gasteiger partial charge in [0.25, 0.3) is 0 Å². The zero-order valence-electron chi connectivity index (χ0n) is 7.60. The van der Waals surface area contributed by atoms with Crippen LogP contribution in [0, 0.1) is 0 Å². The lowest BCUT2D eigenvalue weighted by Gasteiger charge is -2.19. The average molecular weight is 252 g/mol. The molecule has 0 aromatic carbocycles. The highest BCUT2D eigenvalue weighted by Gasteiger charge is 2.19. The van der Waals surface area contributed by atoms with Gasteiger partial charge >= 0.3 is 10.5 Å². The molecule has 0 bridgehead atoms. The molecule has 0 saturated heterocycles. The van der Waals surface area contributed by atoms with Crippen molar-refractivity contribution in [1.29, 1.82) is 0 Å². The summed E-state index contributed by atoms with van der Waals surface area (Å²) >= 11 is 9.17. The monoisotopic (exact) mass is 252 g/mol. The lowest BCUT2D eigenvalue weighted by atomic mass is 10.0. The van der Waals surface area contributed by atoms with E-state index in [1.807, 2.05) is 0 Å². The van der Waals surface area contributed by atoms with Crippen LogP contribution in [0.4, 0.5) is 4.79 Å². The molecular weight excluding hydrogens is 240 g/mol. The van der Waals surface area contributed by atoms with E-state index >= 15 is 0 Å². The van der Waals surface area contributed by atoms with E-state index in [0.717, 1.165) is 12.8 Å². The van der Waals surface area contributed by atoms with Crippen LogP contribution < -0.4 is 0 Å². The maximum atomic E-state index is 11.2. The average Bonchev–Trinajstić information content (AvgIpc) is 2.19. The number of rotatable bonds is 1.